The Balaban J connectivity index is 1.98. The van der Waals surface area contributed by atoms with E-state index in [1.54, 1.807) is 13.4 Å². The lowest BCUT2D eigenvalue weighted by Gasteiger charge is -2.05. The summed E-state index contributed by atoms with van der Waals surface area (Å²) in [5, 5.41) is 0. The maximum absolute atomic E-state index is 5.17. The van der Waals surface area contributed by atoms with Crippen molar-refractivity contribution in [2.75, 3.05) is 7.11 Å². The fourth-order valence-electron chi connectivity index (χ4n) is 2.00. The molecule has 0 amide bonds. The summed E-state index contributed by atoms with van der Waals surface area (Å²) in [5.74, 6) is 0.858. The lowest BCUT2D eigenvalue weighted by atomic mass is 10.0. The third-order valence-corrected chi connectivity index (χ3v) is 3.01. The number of benzene rings is 2. The number of ether oxygens (including phenoxy) is 1. The Bertz CT molecular complexity index is 657. The summed E-state index contributed by atoms with van der Waals surface area (Å²) in [5.41, 5.74) is 4.17. The highest BCUT2D eigenvalue weighted by Gasteiger charge is 2.03. The first kappa shape index (κ1) is 11.5. The molecule has 0 saturated carbocycles. The molecule has 19 heavy (non-hydrogen) atoms. The van der Waals surface area contributed by atoms with Gasteiger partial charge in [0.1, 0.15) is 17.7 Å². The van der Waals surface area contributed by atoms with Gasteiger partial charge in [0.2, 0.25) is 0 Å². The number of aromatic nitrogens is 1. The van der Waals surface area contributed by atoms with E-state index in [-0.39, 0.29) is 0 Å². The Hall–Kier alpha value is -2.55. The molecule has 0 aliphatic carbocycles. The largest absolute Gasteiger partial charge is 0.497 e. The van der Waals surface area contributed by atoms with Crippen LogP contribution in [0.4, 0.5) is 0 Å². The molecule has 0 N–H and O–H groups in total. The van der Waals surface area contributed by atoms with Gasteiger partial charge in [-0.15, -0.1) is 0 Å². The van der Waals surface area contributed by atoms with Crippen LogP contribution in [0.15, 0.2) is 65.6 Å². The van der Waals surface area contributed by atoms with Gasteiger partial charge in [0.05, 0.1) is 7.11 Å². The lowest BCUT2D eigenvalue weighted by molar-refractivity contribution is 0.415. The summed E-state index contributed by atoms with van der Waals surface area (Å²) in [6.07, 6.45) is 3.09. The summed E-state index contributed by atoms with van der Waals surface area (Å²) in [7, 11) is 1.67. The normalized spacial score (nSPS) is 10.4. The number of hydrogen-bond donors (Lipinski definition) is 0. The van der Waals surface area contributed by atoms with Gasteiger partial charge in [-0.3, -0.25) is 0 Å². The van der Waals surface area contributed by atoms with E-state index in [1.807, 2.05) is 36.4 Å². The molecule has 1 aromatic heterocycles. The average Bonchev–Trinajstić information content (AvgIpc) is 3.02. The highest BCUT2D eigenvalue weighted by atomic mass is 16.5. The monoisotopic (exact) mass is 251 g/mol. The van der Waals surface area contributed by atoms with E-state index in [2.05, 4.69) is 17.1 Å². The fourth-order valence-corrected chi connectivity index (χ4v) is 2.00. The fraction of sp³-hybridized carbons (Fsp3) is 0.0625. The zero-order chi connectivity index (χ0) is 13.1. The van der Waals surface area contributed by atoms with Crippen LogP contribution in [0.25, 0.3) is 22.4 Å². The van der Waals surface area contributed by atoms with Gasteiger partial charge in [0.15, 0.2) is 6.39 Å². The van der Waals surface area contributed by atoms with Gasteiger partial charge >= 0.3 is 0 Å². The van der Waals surface area contributed by atoms with Crippen LogP contribution >= 0.6 is 0 Å². The van der Waals surface area contributed by atoms with E-state index >= 15 is 0 Å². The van der Waals surface area contributed by atoms with E-state index in [0.29, 0.717) is 0 Å². The predicted molar refractivity (Wildman–Crippen MR) is 73.9 cm³/mol. The highest BCUT2D eigenvalue weighted by Crippen LogP contribution is 2.26. The molecule has 0 spiro atoms. The van der Waals surface area contributed by atoms with Gasteiger partial charge < -0.3 is 9.15 Å². The molecule has 0 fully saturated rings. The van der Waals surface area contributed by atoms with Crippen molar-refractivity contribution in [1.29, 1.82) is 0 Å². The van der Waals surface area contributed by atoms with Gasteiger partial charge in [0.25, 0.3) is 0 Å². The minimum absolute atomic E-state index is 0.843. The van der Waals surface area contributed by atoms with Crippen molar-refractivity contribution in [1.82, 2.24) is 4.98 Å². The van der Waals surface area contributed by atoms with Crippen molar-refractivity contribution in [3.05, 3.63) is 61.2 Å². The number of methoxy groups -OCH3 is 1. The summed E-state index contributed by atoms with van der Waals surface area (Å²) in [6.45, 7) is 0. The third-order valence-electron chi connectivity index (χ3n) is 3.01. The summed E-state index contributed by atoms with van der Waals surface area (Å²) in [6, 6.07) is 16.2. The first-order chi connectivity index (χ1) is 9.36. The van der Waals surface area contributed by atoms with E-state index in [1.165, 1.54) is 6.39 Å². The van der Waals surface area contributed by atoms with Gasteiger partial charge in [-0.25, -0.2) is 4.98 Å². The van der Waals surface area contributed by atoms with Crippen LogP contribution in [-0.4, -0.2) is 12.1 Å². The predicted octanol–water partition coefficient (Wildman–Crippen LogP) is 4.02. The number of rotatable bonds is 3. The molecule has 3 nitrogen and oxygen atoms in total. The van der Waals surface area contributed by atoms with Crippen LogP contribution in [0.1, 0.15) is 0 Å². The van der Waals surface area contributed by atoms with Gasteiger partial charge in [0, 0.05) is 5.56 Å². The molecule has 3 rings (SSSR count). The summed E-state index contributed by atoms with van der Waals surface area (Å²) >= 11 is 0. The number of oxazole rings is 1. The molecule has 0 unspecified atom stereocenters. The van der Waals surface area contributed by atoms with Crippen LogP contribution in [0.2, 0.25) is 0 Å². The molecule has 0 bridgehead atoms. The van der Waals surface area contributed by atoms with E-state index in [0.717, 1.165) is 28.1 Å². The molecular formula is C16H13NO2. The van der Waals surface area contributed by atoms with Crippen LogP contribution in [0.5, 0.6) is 5.75 Å². The Morgan fingerprint density at radius 3 is 2.42 bits per heavy atom. The van der Waals surface area contributed by atoms with E-state index < -0.39 is 0 Å². The molecule has 0 saturated heterocycles. The maximum Gasteiger partial charge on any atom is 0.181 e. The standard InChI is InChI=1S/C16H13NO2/c1-18-15-7-5-12(6-8-15)13-3-2-4-14(9-13)16-10-19-11-17-16/h2-11H,1H3. The van der Waals surface area contributed by atoms with Crippen molar-refractivity contribution < 1.29 is 9.15 Å². The average molecular weight is 251 g/mol. The van der Waals surface area contributed by atoms with E-state index in [9.17, 15) is 0 Å². The molecule has 0 atom stereocenters. The lowest BCUT2D eigenvalue weighted by Crippen LogP contribution is -1.84. The van der Waals surface area contributed by atoms with Crippen molar-refractivity contribution in [3.8, 4) is 28.1 Å². The Kier molecular flexibility index (Phi) is 3.02. The topological polar surface area (TPSA) is 35.3 Å². The second-order valence-corrected chi connectivity index (χ2v) is 4.18. The van der Waals surface area contributed by atoms with Crippen molar-refractivity contribution in [3.63, 3.8) is 0 Å². The first-order valence-corrected chi connectivity index (χ1v) is 6.00. The minimum atomic E-state index is 0.843. The van der Waals surface area contributed by atoms with Gasteiger partial charge in [-0.1, -0.05) is 30.3 Å². The molecule has 0 radical (unpaired) electrons. The first-order valence-electron chi connectivity index (χ1n) is 6.00. The van der Waals surface area contributed by atoms with Crippen molar-refractivity contribution in [2.45, 2.75) is 0 Å². The SMILES string of the molecule is COc1ccc(-c2cccc(-c3cocn3)c2)cc1. The Morgan fingerprint density at radius 2 is 1.74 bits per heavy atom. The van der Waals surface area contributed by atoms with Crippen LogP contribution in [0, 0.1) is 0 Å². The number of nitrogens with zero attached hydrogens (tertiary/aromatic N) is 1. The molecule has 0 aliphatic heterocycles. The zero-order valence-corrected chi connectivity index (χ0v) is 10.5. The summed E-state index contributed by atoms with van der Waals surface area (Å²) in [4.78, 5) is 4.16. The van der Waals surface area contributed by atoms with Crippen LogP contribution in [-0.2, 0) is 0 Å². The molecule has 0 aliphatic rings. The van der Waals surface area contributed by atoms with Crippen LogP contribution in [0.3, 0.4) is 0 Å². The molecule has 94 valence electrons. The highest BCUT2D eigenvalue weighted by molar-refractivity contribution is 5.71. The van der Waals surface area contributed by atoms with E-state index in [4.69, 9.17) is 9.15 Å². The second-order valence-electron chi connectivity index (χ2n) is 4.18. The molecule has 2 aromatic carbocycles. The van der Waals surface area contributed by atoms with Gasteiger partial charge in [-0.05, 0) is 29.3 Å². The molecule has 3 aromatic rings. The molecule has 1 heterocycles. The second kappa shape index (κ2) is 4.98. The van der Waals surface area contributed by atoms with Crippen LogP contribution < -0.4 is 4.74 Å². The van der Waals surface area contributed by atoms with Crippen molar-refractivity contribution >= 4 is 0 Å². The Morgan fingerprint density at radius 1 is 0.947 bits per heavy atom. The third kappa shape index (κ3) is 2.36. The number of hydrogen-bond acceptors (Lipinski definition) is 3. The quantitative estimate of drug-likeness (QED) is 0.705. The molecule has 3 heteroatoms. The summed E-state index contributed by atoms with van der Waals surface area (Å²) < 4.78 is 10.2. The maximum atomic E-state index is 5.17. The zero-order valence-electron chi connectivity index (χ0n) is 10.5. The Labute approximate surface area is 111 Å². The molecular weight excluding hydrogens is 238 g/mol. The van der Waals surface area contributed by atoms with Gasteiger partial charge in [-0.2, -0.15) is 0 Å². The smallest absolute Gasteiger partial charge is 0.181 e. The minimum Gasteiger partial charge on any atom is -0.497 e. The van der Waals surface area contributed by atoms with Crippen molar-refractivity contribution in [2.24, 2.45) is 0 Å².